The van der Waals surface area contributed by atoms with Crippen LogP contribution in [0.2, 0.25) is 0 Å². The number of hydrogen-bond acceptors (Lipinski definition) is 3. The molecule has 0 aromatic heterocycles. The number of carbonyl (C=O) groups is 1. The van der Waals surface area contributed by atoms with Gasteiger partial charge >= 0.3 is 5.97 Å². The summed E-state index contributed by atoms with van der Waals surface area (Å²) in [5.74, 6) is -0.351. The fourth-order valence-corrected chi connectivity index (χ4v) is 3.44. The number of piperidine rings is 2. The maximum atomic E-state index is 11.3. The van der Waals surface area contributed by atoms with Crippen LogP contribution in [0.5, 0.6) is 0 Å². The largest absolute Gasteiger partial charge is 0.481 e. The number of likely N-dealkylation sites (tertiary alicyclic amines) is 1. The van der Waals surface area contributed by atoms with Gasteiger partial charge in [0.1, 0.15) is 0 Å². The van der Waals surface area contributed by atoms with Gasteiger partial charge in [-0.2, -0.15) is 0 Å². The van der Waals surface area contributed by atoms with Crippen molar-refractivity contribution in [3.05, 3.63) is 12.7 Å². The topological polar surface area (TPSA) is 52.6 Å². The molecule has 108 valence electrons. The Balaban J connectivity index is 1.96. The van der Waals surface area contributed by atoms with E-state index in [-0.39, 0.29) is 5.92 Å². The van der Waals surface area contributed by atoms with Crippen LogP contribution in [-0.2, 0) is 4.79 Å². The predicted octanol–water partition coefficient (Wildman–Crippen LogP) is 1.73. The van der Waals surface area contributed by atoms with Gasteiger partial charge in [0.25, 0.3) is 0 Å². The number of hydrogen-bond donors (Lipinski definition) is 2. The third kappa shape index (κ3) is 4.05. The third-order valence-corrected chi connectivity index (χ3v) is 4.47. The van der Waals surface area contributed by atoms with E-state index >= 15 is 0 Å². The van der Waals surface area contributed by atoms with E-state index in [0.29, 0.717) is 18.5 Å². The Morgan fingerprint density at radius 1 is 1.42 bits per heavy atom. The quantitative estimate of drug-likeness (QED) is 0.744. The monoisotopic (exact) mass is 266 g/mol. The summed E-state index contributed by atoms with van der Waals surface area (Å²) in [6.45, 7) is 7.52. The van der Waals surface area contributed by atoms with E-state index in [1.54, 1.807) is 0 Å². The van der Waals surface area contributed by atoms with Gasteiger partial charge in [0.2, 0.25) is 0 Å². The highest BCUT2D eigenvalue weighted by atomic mass is 16.4. The SMILES string of the molecule is C=CCCN1C[C@@H](C(=O)O)C[C@@H]([C@H]2CCCCN2)C1. The lowest BCUT2D eigenvalue weighted by Crippen LogP contribution is -2.51. The molecular formula is C15H26N2O2. The highest BCUT2D eigenvalue weighted by Gasteiger charge is 2.35. The fraction of sp³-hybridized carbons (Fsp3) is 0.800. The van der Waals surface area contributed by atoms with Crippen molar-refractivity contribution in [3.63, 3.8) is 0 Å². The second kappa shape index (κ2) is 7.06. The third-order valence-electron chi connectivity index (χ3n) is 4.47. The summed E-state index contributed by atoms with van der Waals surface area (Å²) < 4.78 is 0. The van der Waals surface area contributed by atoms with Gasteiger partial charge < -0.3 is 15.3 Å². The Morgan fingerprint density at radius 3 is 2.89 bits per heavy atom. The minimum Gasteiger partial charge on any atom is -0.481 e. The van der Waals surface area contributed by atoms with Gasteiger partial charge in [0.15, 0.2) is 0 Å². The van der Waals surface area contributed by atoms with Gasteiger partial charge in [-0.15, -0.1) is 6.58 Å². The van der Waals surface area contributed by atoms with Gasteiger partial charge in [-0.3, -0.25) is 4.79 Å². The van der Waals surface area contributed by atoms with Gasteiger partial charge in [0, 0.05) is 25.7 Å². The van der Waals surface area contributed by atoms with Crippen LogP contribution in [-0.4, -0.2) is 48.2 Å². The minimum absolute atomic E-state index is 0.202. The fourth-order valence-electron chi connectivity index (χ4n) is 3.44. The van der Waals surface area contributed by atoms with Crippen molar-refractivity contribution in [1.29, 1.82) is 0 Å². The second-order valence-corrected chi connectivity index (χ2v) is 5.92. The van der Waals surface area contributed by atoms with Crippen LogP contribution < -0.4 is 5.32 Å². The van der Waals surface area contributed by atoms with E-state index in [4.69, 9.17) is 0 Å². The molecular weight excluding hydrogens is 240 g/mol. The summed E-state index contributed by atoms with van der Waals surface area (Å²) in [7, 11) is 0. The minimum atomic E-state index is -0.635. The number of carboxylic acid groups (broad SMARTS) is 1. The Morgan fingerprint density at radius 2 is 2.26 bits per heavy atom. The van der Waals surface area contributed by atoms with Crippen molar-refractivity contribution in [2.24, 2.45) is 11.8 Å². The lowest BCUT2D eigenvalue weighted by atomic mass is 9.81. The van der Waals surface area contributed by atoms with Crippen molar-refractivity contribution < 1.29 is 9.90 Å². The molecule has 2 N–H and O–H groups in total. The summed E-state index contributed by atoms with van der Waals surface area (Å²) in [6.07, 6.45) is 7.42. The molecule has 2 fully saturated rings. The molecule has 3 atom stereocenters. The Bertz CT molecular complexity index is 313. The summed E-state index contributed by atoms with van der Waals surface area (Å²) in [5.41, 5.74) is 0. The Labute approximate surface area is 115 Å². The molecule has 0 amide bonds. The van der Waals surface area contributed by atoms with E-state index in [0.717, 1.165) is 32.5 Å². The first kappa shape index (κ1) is 14.5. The van der Waals surface area contributed by atoms with Crippen molar-refractivity contribution >= 4 is 5.97 Å². The van der Waals surface area contributed by atoms with Crippen molar-refractivity contribution in [3.8, 4) is 0 Å². The number of carboxylic acids is 1. The lowest BCUT2D eigenvalue weighted by molar-refractivity contribution is -0.144. The van der Waals surface area contributed by atoms with Crippen LogP contribution in [0.1, 0.15) is 32.1 Å². The van der Waals surface area contributed by atoms with Crippen LogP contribution in [0.4, 0.5) is 0 Å². The molecule has 0 radical (unpaired) electrons. The van der Waals surface area contributed by atoms with E-state index in [9.17, 15) is 9.90 Å². The molecule has 2 heterocycles. The first-order chi connectivity index (χ1) is 9.20. The average Bonchev–Trinajstić information content (AvgIpc) is 2.45. The predicted molar refractivity (Wildman–Crippen MR) is 76.1 cm³/mol. The summed E-state index contributed by atoms with van der Waals surface area (Å²) in [6, 6.07) is 0.516. The molecule has 4 nitrogen and oxygen atoms in total. The maximum absolute atomic E-state index is 11.3. The number of nitrogens with one attached hydrogen (secondary N) is 1. The van der Waals surface area contributed by atoms with Crippen molar-refractivity contribution in [2.75, 3.05) is 26.2 Å². The van der Waals surface area contributed by atoms with Crippen LogP contribution >= 0.6 is 0 Å². The molecule has 19 heavy (non-hydrogen) atoms. The summed E-state index contributed by atoms with van der Waals surface area (Å²) in [4.78, 5) is 13.6. The van der Waals surface area contributed by atoms with Gasteiger partial charge in [-0.25, -0.2) is 0 Å². The normalized spacial score (nSPS) is 32.9. The number of aliphatic carboxylic acids is 1. The molecule has 4 heteroatoms. The molecule has 2 aliphatic heterocycles. The summed E-state index contributed by atoms with van der Waals surface area (Å²) >= 11 is 0. The molecule has 0 spiro atoms. The van der Waals surface area contributed by atoms with Crippen molar-refractivity contribution in [1.82, 2.24) is 10.2 Å². The summed E-state index contributed by atoms with van der Waals surface area (Å²) in [5, 5.41) is 12.9. The number of nitrogens with zero attached hydrogens (tertiary/aromatic N) is 1. The van der Waals surface area contributed by atoms with Crippen LogP contribution in [0.15, 0.2) is 12.7 Å². The van der Waals surface area contributed by atoms with E-state index in [1.807, 2.05) is 6.08 Å². The van der Waals surface area contributed by atoms with E-state index in [2.05, 4.69) is 16.8 Å². The molecule has 0 bridgehead atoms. The van der Waals surface area contributed by atoms with E-state index in [1.165, 1.54) is 19.3 Å². The molecule has 0 aromatic rings. The zero-order valence-electron chi connectivity index (χ0n) is 11.7. The molecule has 2 aliphatic rings. The van der Waals surface area contributed by atoms with Crippen LogP contribution in [0, 0.1) is 11.8 Å². The number of rotatable bonds is 5. The Hall–Kier alpha value is -0.870. The zero-order chi connectivity index (χ0) is 13.7. The van der Waals surface area contributed by atoms with Gasteiger partial charge in [-0.05, 0) is 38.1 Å². The highest BCUT2D eigenvalue weighted by Crippen LogP contribution is 2.28. The molecule has 0 unspecified atom stereocenters. The molecule has 2 rings (SSSR count). The first-order valence-electron chi connectivity index (χ1n) is 7.50. The average molecular weight is 266 g/mol. The van der Waals surface area contributed by atoms with Crippen molar-refractivity contribution in [2.45, 2.75) is 38.1 Å². The smallest absolute Gasteiger partial charge is 0.307 e. The lowest BCUT2D eigenvalue weighted by Gasteiger charge is -2.41. The standard InChI is InChI=1S/C15H26N2O2/c1-2-3-8-17-10-12(9-13(11-17)15(18)19)14-6-4-5-7-16-14/h2,12-14,16H,1,3-11H2,(H,18,19)/t12-,13+,14-/m1/s1. The van der Waals surface area contributed by atoms with E-state index < -0.39 is 5.97 Å². The zero-order valence-corrected chi connectivity index (χ0v) is 11.7. The first-order valence-corrected chi connectivity index (χ1v) is 7.50. The molecule has 0 aromatic carbocycles. The molecule has 0 aliphatic carbocycles. The highest BCUT2D eigenvalue weighted by molar-refractivity contribution is 5.70. The van der Waals surface area contributed by atoms with Crippen LogP contribution in [0.3, 0.4) is 0 Å². The van der Waals surface area contributed by atoms with Gasteiger partial charge in [-0.1, -0.05) is 12.5 Å². The Kier molecular flexibility index (Phi) is 5.40. The molecule has 0 saturated carbocycles. The van der Waals surface area contributed by atoms with Crippen LogP contribution in [0.25, 0.3) is 0 Å². The van der Waals surface area contributed by atoms with Gasteiger partial charge in [0.05, 0.1) is 5.92 Å². The molecule has 2 saturated heterocycles. The second-order valence-electron chi connectivity index (χ2n) is 5.92. The maximum Gasteiger partial charge on any atom is 0.307 e.